The summed E-state index contributed by atoms with van der Waals surface area (Å²) in [5, 5.41) is 15.2. The SMILES string of the molecule is COc1ccc(-c2cc(C(C)(C)O)nn2Cc2ccccc2)cc1OC1CCCO1. The summed E-state index contributed by atoms with van der Waals surface area (Å²) in [6.07, 6.45) is 1.60. The first kappa shape index (κ1) is 20.4. The molecule has 2 heterocycles. The molecule has 1 N–H and O–H groups in total. The average molecular weight is 408 g/mol. The van der Waals surface area contributed by atoms with E-state index in [4.69, 9.17) is 19.3 Å². The van der Waals surface area contributed by atoms with Crippen LogP contribution in [0.5, 0.6) is 11.5 Å². The quantitative estimate of drug-likeness (QED) is 0.630. The Morgan fingerprint density at radius 2 is 1.93 bits per heavy atom. The van der Waals surface area contributed by atoms with Crippen molar-refractivity contribution in [1.82, 2.24) is 9.78 Å². The highest BCUT2D eigenvalue weighted by molar-refractivity contribution is 5.65. The summed E-state index contributed by atoms with van der Waals surface area (Å²) >= 11 is 0. The van der Waals surface area contributed by atoms with Crippen molar-refractivity contribution in [3.63, 3.8) is 0 Å². The second kappa shape index (κ2) is 8.50. The molecule has 0 bridgehead atoms. The van der Waals surface area contributed by atoms with E-state index in [1.807, 2.05) is 47.1 Å². The summed E-state index contributed by atoms with van der Waals surface area (Å²) in [6, 6.07) is 17.9. The second-order valence-corrected chi connectivity index (χ2v) is 8.04. The van der Waals surface area contributed by atoms with Gasteiger partial charge < -0.3 is 19.3 Å². The van der Waals surface area contributed by atoms with Crippen molar-refractivity contribution in [3.8, 4) is 22.8 Å². The normalized spacial score (nSPS) is 16.6. The van der Waals surface area contributed by atoms with Crippen LogP contribution in [-0.2, 0) is 16.9 Å². The van der Waals surface area contributed by atoms with Crippen molar-refractivity contribution >= 4 is 0 Å². The van der Waals surface area contributed by atoms with Crippen molar-refractivity contribution < 1.29 is 19.3 Å². The molecule has 6 nitrogen and oxygen atoms in total. The Morgan fingerprint density at radius 3 is 2.60 bits per heavy atom. The Bertz CT molecular complexity index is 986. The van der Waals surface area contributed by atoms with Gasteiger partial charge in [-0.25, -0.2) is 0 Å². The van der Waals surface area contributed by atoms with E-state index in [1.165, 1.54) is 0 Å². The van der Waals surface area contributed by atoms with Crippen LogP contribution in [0.2, 0.25) is 0 Å². The van der Waals surface area contributed by atoms with Gasteiger partial charge in [0.05, 0.1) is 31.6 Å². The number of benzene rings is 2. The number of hydrogen-bond acceptors (Lipinski definition) is 5. The van der Waals surface area contributed by atoms with Crippen molar-refractivity contribution in [1.29, 1.82) is 0 Å². The number of aromatic nitrogens is 2. The number of hydrogen-bond donors (Lipinski definition) is 1. The molecule has 0 saturated carbocycles. The standard InChI is InChI=1S/C24H28N2O4/c1-24(2,27)22-15-19(26(25-22)16-17-8-5-4-6-9-17)18-11-12-20(28-3)21(14-18)30-23-10-7-13-29-23/h4-6,8-9,11-12,14-15,23,27H,7,10,13,16H2,1-3H3. The van der Waals surface area contributed by atoms with Gasteiger partial charge in [-0.15, -0.1) is 0 Å². The van der Waals surface area contributed by atoms with E-state index in [9.17, 15) is 5.11 Å². The number of methoxy groups -OCH3 is 1. The lowest BCUT2D eigenvalue weighted by atomic mass is 10.0. The first-order valence-corrected chi connectivity index (χ1v) is 10.3. The average Bonchev–Trinajstić information content (AvgIpc) is 3.38. The van der Waals surface area contributed by atoms with Gasteiger partial charge in [0.2, 0.25) is 0 Å². The zero-order valence-corrected chi connectivity index (χ0v) is 17.7. The van der Waals surface area contributed by atoms with Gasteiger partial charge in [-0.2, -0.15) is 5.10 Å². The minimum atomic E-state index is -1.04. The second-order valence-electron chi connectivity index (χ2n) is 8.04. The minimum absolute atomic E-state index is 0.254. The molecule has 1 saturated heterocycles. The Labute approximate surface area is 177 Å². The molecule has 6 heteroatoms. The summed E-state index contributed by atoms with van der Waals surface area (Å²) in [5.74, 6) is 1.30. The maximum Gasteiger partial charge on any atom is 0.200 e. The van der Waals surface area contributed by atoms with E-state index < -0.39 is 5.60 Å². The highest BCUT2D eigenvalue weighted by Gasteiger charge is 2.24. The predicted molar refractivity (Wildman–Crippen MR) is 115 cm³/mol. The lowest BCUT2D eigenvalue weighted by molar-refractivity contribution is -0.0402. The molecule has 2 aromatic carbocycles. The molecule has 1 aliphatic heterocycles. The number of ether oxygens (including phenoxy) is 3. The van der Waals surface area contributed by atoms with Crippen LogP contribution < -0.4 is 9.47 Å². The maximum atomic E-state index is 10.5. The molecule has 0 spiro atoms. The van der Waals surface area contributed by atoms with Gasteiger partial charge in [0, 0.05) is 12.0 Å². The fourth-order valence-electron chi connectivity index (χ4n) is 3.54. The molecule has 0 amide bonds. The maximum absolute atomic E-state index is 10.5. The molecule has 1 atom stereocenters. The molecular weight excluding hydrogens is 380 g/mol. The lowest BCUT2D eigenvalue weighted by Gasteiger charge is -2.17. The van der Waals surface area contributed by atoms with Crippen LogP contribution in [0.4, 0.5) is 0 Å². The van der Waals surface area contributed by atoms with Crippen molar-refractivity contribution in [2.75, 3.05) is 13.7 Å². The van der Waals surface area contributed by atoms with Crippen molar-refractivity contribution in [3.05, 3.63) is 65.9 Å². The number of aliphatic hydroxyl groups is 1. The van der Waals surface area contributed by atoms with Gasteiger partial charge in [0.1, 0.15) is 5.60 Å². The van der Waals surface area contributed by atoms with Crippen LogP contribution in [0.1, 0.15) is 37.9 Å². The van der Waals surface area contributed by atoms with E-state index in [2.05, 4.69) is 12.1 Å². The zero-order valence-electron chi connectivity index (χ0n) is 17.7. The van der Waals surface area contributed by atoms with Gasteiger partial charge in [0.25, 0.3) is 0 Å². The van der Waals surface area contributed by atoms with Crippen LogP contribution in [0.3, 0.4) is 0 Å². The van der Waals surface area contributed by atoms with E-state index in [1.54, 1.807) is 21.0 Å². The Balaban J connectivity index is 1.73. The molecular formula is C24H28N2O4. The molecule has 1 aliphatic rings. The molecule has 1 unspecified atom stereocenters. The van der Waals surface area contributed by atoms with Gasteiger partial charge in [-0.3, -0.25) is 4.68 Å². The van der Waals surface area contributed by atoms with E-state index in [0.29, 0.717) is 30.3 Å². The van der Waals surface area contributed by atoms with Crippen molar-refractivity contribution in [2.45, 2.75) is 45.1 Å². The van der Waals surface area contributed by atoms with Gasteiger partial charge in [-0.05, 0) is 50.1 Å². The summed E-state index contributed by atoms with van der Waals surface area (Å²) in [6.45, 7) is 4.80. The summed E-state index contributed by atoms with van der Waals surface area (Å²) < 4.78 is 19.1. The van der Waals surface area contributed by atoms with E-state index in [0.717, 1.165) is 29.7 Å². The first-order chi connectivity index (χ1) is 14.4. The Morgan fingerprint density at radius 1 is 1.13 bits per heavy atom. The Hall–Kier alpha value is -2.83. The number of rotatable bonds is 7. The molecule has 1 fully saturated rings. The third-order valence-electron chi connectivity index (χ3n) is 5.19. The van der Waals surface area contributed by atoms with Crippen LogP contribution in [-0.4, -0.2) is 34.9 Å². The van der Waals surface area contributed by atoms with E-state index >= 15 is 0 Å². The Kier molecular flexibility index (Phi) is 5.79. The largest absolute Gasteiger partial charge is 0.493 e. The molecule has 1 aromatic heterocycles. The van der Waals surface area contributed by atoms with Crippen LogP contribution in [0, 0.1) is 0 Å². The monoisotopic (exact) mass is 408 g/mol. The van der Waals surface area contributed by atoms with Crippen LogP contribution in [0.25, 0.3) is 11.3 Å². The van der Waals surface area contributed by atoms with Gasteiger partial charge in [0.15, 0.2) is 17.8 Å². The minimum Gasteiger partial charge on any atom is -0.493 e. The molecule has 30 heavy (non-hydrogen) atoms. The fourth-order valence-corrected chi connectivity index (χ4v) is 3.54. The molecule has 0 radical (unpaired) electrons. The topological polar surface area (TPSA) is 65.7 Å². The summed E-state index contributed by atoms with van der Waals surface area (Å²) in [4.78, 5) is 0. The summed E-state index contributed by atoms with van der Waals surface area (Å²) in [5.41, 5.74) is 2.54. The smallest absolute Gasteiger partial charge is 0.200 e. The molecule has 3 aromatic rings. The third kappa shape index (κ3) is 4.50. The van der Waals surface area contributed by atoms with Crippen LogP contribution in [0.15, 0.2) is 54.6 Å². The molecule has 0 aliphatic carbocycles. The van der Waals surface area contributed by atoms with Crippen molar-refractivity contribution in [2.24, 2.45) is 0 Å². The summed E-state index contributed by atoms with van der Waals surface area (Å²) in [7, 11) is 1.63. The fraction of sp³-hybridized carbons (Fsp3) is 0.375. The lowest BCUT2D eigenvalue weighted by Crippen LogP contribution is -2.17. The number of nitrogens with zero attached hydrogens (tertiary/aromatic N) is 2. The molecule has 158 valence electrons. The predicted octanol–water partition coefficient (Wildman–Crippen LogP) is 4.35. The third-order valence-corrected chi connectivity index (χ3v) is 5.19. The van der Waals surface area contributed by atoms with Crippen LogP contribution >= 0.6 is 0 Å². The van der Waals surface area contributed by atoms with Gasteiger partial charge in [-0.1, -0.05) is 30.3 Å². The zero-order chi connectivity index (χ0) is 21.1. The molecule has 4 rings (SSSR count). The first-order valence-electron chi connectivity index (χ1n) is 10.3. The van der Waals surface area contributed by atoms with E-state index in [-0.39, 0.29) is 6.29 Å². The highest BCUT2D eigenvalue weighted by atomic mass is 16.7. The van der Waals surface area contributed by atoms with Gasteiger partial charge >= 0.3 is 0 Å². The highest BCUT2D eigenvalue weighted by Crippen LogP contribution is 2.35.